The molecule has 3 rings (SSSR count). The number of nitrogens with one attached hydrogen (secondary N) is 2. The number of aliphatic imine (C=N–C) groups is 1. The van der Waals surface area contributed by atoms with Gasteiger partial charge in [0.1, 0.15) is 0 Å². The molecule has 1 saturated heterocycles. The number of likely N-dealkylation sites (N-methyl/N-ethyl adjacent to an activating group) is 1. The standard InChI is InChI=1S/C20H33N5.HI/c1-3-24-10-12-25(13-11-24)16-19-7-5-4-6-18(19)15-23-20(21-2)22-14-17-8-9-17;/h4-7,17H,3,8-16H2,1-2H3,(H2,21,22,23);1H. The lowest BCUT2D eigenvalue weighted by atomic mass is 10.1. The van der Waals surface area contributed by atoms with Crippen LogP contribution in [-0.2, 0) is 13.1 Å². The number of benzene rings is 1. The first-order valence-electron chi connectivity index (χ1n) is 9.74. The van der Waals surface area contributed by atoms with Crippen LogP contribution in [0.5, 0.6) is 0 Å². The lowest BCUT2D eigenvalue weighted by Crippen LogP contribution is -2.45. The van der Waals surface area contributed by atoms with Crippen molar-refractivity contribution < 1.29 is 0 Å². The summed E-state index contributed by atoms with van der Waals surface area (Å²) in [5.41, 5.74) is 2.80. The van der Waals surface area contributed by atoms with Crippen molar-refractivity contribution in [2.75, 3.05) is 46.3 Å². The summed E-state index contributed by atoms with van der Waals surface area (Å²) in [6, 6.07) is 8.79. The molecule has 0 amide bonds. The van der Waals surface area contributed by atoms with E-state index in [0.29, 0.717) is 0 Å². The van der Waals surface area contributed by atoms with Crippen LogP contribution in [-0.4, -0.2) is 62.1 Å². The van der Waals surface area contributed by atoms with E-state index in [1.54, 1.807) is 0 Å². The van der Waals surface area contributed by atoms with Crippen LogP contribution in [0.4, 0.5) is 0 Å². The van der Waals surface area contributed by atoms with Crippen LogP contribution in [0.25, 0.3) is 0 Å². The molecule has 1 aliphatic carbocycles. The van der Waals surface area contributed by atoms with E-state index in [1.165, 1.54) is 56.7 Å². The van der Waals surface area contributed by atoms with Crippen molar-refractivity contribution in [3.05, 3.63) is 35.4 Å². The summed E-state index contributed by atoms with van der Waals surface area (Å²) in [7, 11) is 1.85. The Morgan fingerprint density at radius 1 is 1.04 bits per heavy atom. The molecule has 2 aliphatic rings. The van der Waals surface area contributed by atoms with Gasteiger partial charge in [-0.15, -0.1) is 24.0 Å². The topological polar surface area (TPSA) is 42.9 Å². The summed E-state index contributed by atoms with van der Waals surface area (Å²) < 4.78 is 0. The molecule has 0 atom stereocenters. The lowest BCUT2D eigenvalue weighted by molar-refractivity contribution is 0.131. The van der Waals surface area contributed by atoms with E-state index in [-0.39, 0.29) is 24.0 Å². The number of nitrogens with zero attached hydrogens (tertiary/aromatic N) is 3. The summed E-state index contributed by atoms with van der Waals surface area (Å²) in [6.45, 7) is 11.0. The molecule has 1 aromatic carbocycles. The van der Waals surface area contributed by atoms with Crippen LogP contribution in [0.3, 0.4) is 0 Å². The molecular formula is C20H34IN5. The average molecular weight is 471 g/mol. The molecular weight excluding hydrogens is 437 g/mol. The monoisotopic (exact) mass is 471 g/mol. The predicted octanol–water partition coefficient (Wildman–Crippen LogP) is 2.52. The molecule has 1 aliphatic heterocycles. The van der Waals surface area contributed by atoms with Gasteiger partial charge in [0.15, 0.2) is 5.96 Å². The number of hydrogen-bond donors (Lipinski definition) is 2. The Bertz CT molecular complexity index is 565. The van der Waals surface area contributed by atoms with Gasteiger partial charge in [-0.1, -0.05) is 31.2 Å². The lowest BCUT2D eigenvalue weighted by Gasteiger charge is -2.34. The van der Waals surface area contributed by atoms with E-state index in [0.717, 1.165) is 31.5 Å². The van der Waals surface area contributed by atoms with E-state index < -0.39 is 0 Å². The van der Waals surface area contributed by atoms with E-state index in [9.17, 15) is 0 Å². The van der Waals surface area contributed by atoms with Crippen LogP contribution in [0, 0.1) is 5.92 Å². The fourth-order valence-corrected chi connectivity index (χ4v) is 3.35. The molecule has 2 N–H and O–H groups in total. The maximum atomic E-state index is 4.34. The molecule has 0 aromatic heterocycles. The second-order valence-corrected chi connectivity index (χ2v) is 7.23. The van der Waals surface area contributed by atoms with Crippen molar-refractivity contribution in [3.8, 4) is 0 Å². The molecule has 2 fully saturated rings. The first-order chi connectivity index (χ1) is 12.3. The minimum absolute atomic E-state index is 0. The summed E-state index contributed by atoms with van der Waals surface area (Å²) in [6.07, 6.45) is 2.72. The first-order valence-corrected chi connectivity index (χ1v) is 9.74. The van der Waals surface area contributed by atoms with Crippen molar-refractivity contribution in [1.82, 2.24) is 20.4 Å². The summed E-state index contributed by atoms with van der Waals surface area (Å²) in [5, 5.41) is 6.91. The van der Waals surface area contributed by atoms with Gasteiger partial charge in [0.25, 0.3) is 0 Å². The maximum absolute atomic E-state index is 4.34. The number of guanidine groups is 1. The van der Waals surface area contributed by atoms with Gasteiger partial charge in [-0.25, -0.2) is 0 Å². The summed E-state index contributed by atoms with van der Waals surface area (Å²) in [5.74, 6) is 1.77. The third kappa shape index (κ3) is 6.70. The van der Waals surface area contributed by atoms with E-state index >= 15 is 0 Å². The summed E-state index contributed by atoms with van der Waals surface area (Å²) >= 11 is 0. The Balaban J connectivity index is 0.00000243. The largest absolute Gasteiger partial charge is 0.356 e. The predicted molar refractivity (Wildman–Crippen MR) is 120 cm³/mol. The van der Waals surface area contributed by atoms with Crippen LogP contribution in [0.15, 0.2) is 29.3 Å². The van der Waals surface area contributed by atoms with Gasteiger partial charge in [-0.3, -0.25) is 9.89 Å². The van der Waals surface area contributed by atoms with Crippen LogP contribution >= 0.6 is 24.0 Å². The first kappa shape index (κ1) is 21.4. The molecule has 1 aromatic rings. The highest BCUT2D eigenvalue weighted by Crippen LogP contribution is 2.27. The normalized spacial score (nSPS) is 19.1. The summed E-state index contributed by atoms with van der Waals surface area (Å²) in [4.78, 5) is 9.45. The van der Waals surface area contributed by atoms with Gasteiger partial charge < -0.3 is 15.5 Å². The minimum Gasteiger partial charge on any atom is -0.356 e. The molecule has 5 nitrogen and oxygen atoms in total. The smallest absolute Gasteiger partial charge is 0.191 e. The zero-order valence-electron chi connectivity index (χ0n) is 16.2. The second kappa shape index (κ2) is 11.1. The Kier molecular flexibility index (Phi) is 9.15. The molecule has 1 saturated carbocycles. The minimum atomic E-state index is 0. The molecule has 6 heteroatoms. The molecule has 0 bridgehead atoms. The number of rotatable bonds is 7. The van der Waals surface area contributed by atoms with Crippen molar-refractivity contribution in [3.63, 3.8) is 0 Å². The fraction of sp³-hybridized carbons (Fsp3) is 0.650. The van der Waals surface area contributed by atoms with Gasteiger partial charge in [-0.05, 0) is 36.4 Å². The number of halogens is 1. The molecule has 1 heterocycles. The molecule has 0 radical (unpaired) electrons. The molecule has 146 valence electrons. The van der Waals surface area contributed by atoms with E-state index in [1.807, 2.05) is 7.05 Å². The van der Waals surface area contributed by atoms with E-state index in [4.69, 9.17) is 0 Å². The zero-order chi connectivity index (χ0) is 17.5. The highest BCUT2D eigenvalue weighted by atomic mass is 127. The zero-order valence-corrected chi connectivity index (χ0v) is 18.5. The maximum Gasteiger partial charge on any atom is 0.191 e. The van der Waals surface area contributed by atoms with Crippen LogP contribution in [0.1, 0.15) is 30.9 Å². The Labute approximate surface area is 175 Å². The quantitative estimate of drug-likeness (QED) is 0.365. The van der Waals surface area contributed by atoms with Gasteiger partial charge >= 0.3 is 0 Å². The second-order valence-electron chi connectivity index (χ2n) is 7.23. The SMILES string of the molecule is CCN1CCN(Cc2ccccc2CNC(=NC)NCC2CC2)CC1.I. The van der Waals surface area contributed by atoms with Gasteiger partial charge in [0.2, 0.25) is 0 Å². The Hall–Kier alpha value is -0.860. The third-order valence-electron chi connectivity index (χ3n) is 5.35. The highest BCUT2D eigenvalue weighted by Gasteiger charge is 2.21. The molecule has 0 spiro atoms. The molecule has 0 unspecified atom stereocenters. The number of hydrogen-bond acceptors (Lipinski definition) is 3. The van der Waals surface area contributed by atoms with E-state index in [2.05, 4.69) is 56.6 Å². The molecule has 26 heavy (non-hydrogen) atoms. The van der Waals surface area contributed by atoms with Crippen LogP contribution < -0.4 is 10.6 Å². The average Bonchev–Trinajstić information content (AvgIpc) is 3.48. The number of piperazine rings is 1. The van der Waals surface area contributed by atoms with Crippen molar-refractivity contribution in [1.29, 1.82) is 0 Å². The van der Waals surface area contributed by atoms with Crippen molar-refractivity contribution in [2.24, 2.45) is 10.9 Å². The van der Waals surface area contributed by atoms with Gasteiger partial charge in [-0.2, -0.15) is 0 Å². The fourth-order valence-electron chi connectivity index (χ4n) is 3.35. The highest BCUT2D eigenvalue weighted by molar-refractivity contribution is 14.0. The van der Waals surface area contributed by atoms with Gasteiger partial charge in [0.05, 0.1) is 0 Å². The van der Waals surface area contributed by atoms with Crippen molar-refractivity contribution >= 4 is 29.9 Å². The third-order valence-corrected chi connectivity index (χ3v) is 5.35. The van der Waals surface area contributed by atoms with Crippen LogP contribution in [0.2, 0.25) is 0 Å². The Morgan fingerprint density at radius 2 is 1.69 bits per heavy atom. The Morgan fingerprint density at radius 3 is 2.31 bits per heavy atom. The van der Waals surface area contributed by atoms with Gasteiger partial charge in [0, 0.05) is 52.9 Å². The van der Waals surface area contributed by atoms with Crippen molar-refractivity contribution in [2.45, 2.75) is 32.9 Å².